The number of halogens is 2. The molecule has 1 amide bonds. The second-order valence-corrected chi connectivity index (χ2v) is 4.81. The van der Waals surface area contributed by atoms with E-state index in [1.54, 1.807) is 12.0 Å². The molecule has 0 saturated carbocycles. The Kier molecular flexibility index (Phi) is 4.19. The van der Waals surface area contributed by atoms with Crippen molar-refractivity contribution in [3.63, 3.8) is 0 Å². The lowest BCUT2D eigenvalue weighted by Crippen LogP contribution is -2.43. The minimum absolute atomic E-state index is 0.0271. The monoisotopic (exact) mass is 271 g/mol. The SMILES string of the molecule is CO[C@H]1CCCN(C(=O)c2cc(Cl)ccc2F)C1. The van der Waals surface area contributed by atoms with Crippen LogP contribution in [0, 0.1) is 5.82 Å². The van der Waals surface area contributed by atoms with Crippen LogP contribution in [0.25, 0.3) is 0 Å². The molecule has 1 aromatic rings. The predicted octanol–water partition coefficient (Wildman–Crippen LogP) is 2.73. The second-order valence-electron chi connectivity index (χ2n) is 4.38. The molecular formula is C13H15ClFNO2. The van der Waals surface area contributed by atoms with Gasteiger partial charge in [0.2, 0.25) is 0 Å². The van der Waals surface area contributed by atoms with E-state index in [9.17, 15) is 9.18 Å². The van der Waals surface area contributed by atoms with Gasteiger partial charge < -0.3 is 9.64 Å². The van der Waals surface area contributed by atoms with Gasteiger partial charge in [-0.15, -0.1) is 0 Å². The zero-order chi connectivity index (χ0) is 13.1. The highest BCUT2D eigenvalue weighted by Crippen LogP contribution is 2.20. The van der Waals surface area contributed by atoms with E-state index in [1.807, 2.05) is 0 Å². The molecule has 5 heteroatoms. The van der Waals surface area contributed by atoms with Crippen LogP contribution in [0.5, 0.6) is 0 Å². The van der Waals surface area contributed by atoms with E-state index >= 15 is 0 Å². The zero-order valence-corrected chi connectivity index (χ0v) is 10.9. The number of hydrogen-bond acceptors (Lipinski definition) is 2. The van der Waals surface area contributed by atoms with E-state index in [-0.39, 0.29) is 17.6 Å². The average molecular weight is 272 g/mol. The molecule has 1 saturated heterocycles. The second kappa shape index (κ2) is 5.67. The first kappa shape index (κ1) is 13.3. The number of hydrogen-bond donors (Lipinski definition) is 0. The van der Waals surface area contributed by atoms with Crippen LogP contribution in [-0.4, -0.2) is 37.1 Å². The van der Waals surface area contributed by atoms with Crippen LogP contribution < -0.4 is 0 Å². The van der Waals surface area contributed by atoms with Gasteiger partial charge in [0, 0.05) is 25.2 Å². The summed E-state index contributed by atoms with van der Waals surface area (Å²) in [6.07, 6.45) is 1.83. The lowest BCUT2D eigenvalue weighted by atomic mass is 10.1. The summed E-state index contributed by atoms with van der Waals surface area (Å²) in [6.45, 7) is 1.13. The molecule has 0 aromatic heterocycles. The van der Waals surface area contributed by atoms with Crippen molar-refractivity contribution in [3.05, 3.63) is 34.6 Å². The largest absolute Gasteiger partial charge is 0.380 e. The molecule has 0 bridgehead atoms. The summed E-state index contributed by atoms with van der Waals surface area (Å²) in [4.78, 5) is 13.8. The van der Waals surface area contributed by atoms with E-state index in [0.717, 1.165) is 12.8 Å². The lowest BCUT2D eigenvalue weighted by molar-refractivity contribution is 0.0266. The Bertz CT molecular complexity index is 453. The van der Waals surface area contributed by atoms with Gasteiger partial charge in [0.25, 0.3) is 5.91 Å². The van der Waals surface area contributed by atoms with Crippen LogP contribution >= 0.6 is 11.6 Å². The van der Waals surface area contributed by atoms with Crippen molar-refractivity contribution in [2.24, 2.45) is 0 Å². The van der Waals surface area contributed by atoms with E-state index in [0.29, 0.717) is 18.1 Å². The van der Waals surface area contributed by atoms with E-state index in [1.165, 1.54) is 18.2 Å². The van der Waals surface area contributed by atoms with Crippen LogP contribution in [0.15, 0.2) is 18.2 Å². The molecule has 1 aromatic carbocycles. The van der Waals surface area contributed by atoms with Crippen LogP contribution in [0.3, 0.4) is 0 Å². The van der Waals surface area contributed by atoms with Crippen molar-refractivity contribution in [3.8, 4) is 0 Å². The Labute approximate surface area is 110 Å². The fourth-order valence-corrected chi connectivity index (χ4v) is 2.32. The number of benzene rings is 1. The van der Waals surface area contributed by atoms with Crippen LogP contribution in [0.1, 0.15) is 23.2 Å². The third-order valence-corrected chi connectivity index (χ3v) is 3.39. The number of piperidine rings is 1. The van der Waals surface area contributed by atoms with Crippen molar-refractivity contribution >= 4 is 17.5 Å². The summed E-state index contributed by atoms with van der Waals surface area (Å²) in [7, 11) is 1.62. The van der Waals surface area contributed by atoms with Crippen molar-refractivity contribution < 1.29 is 13.9 Å². The summed E-state index contributed by atoms with van der Waals surface area (Å²) in [5.41, 5.74) is 0.0271. The minimum Gasteiger partial charge on any atom is -0.380 e. The highest BCUT2D eigenvalue weighted by Gasteiger charge is 2.25. The van der Waals surface area contributed by atoms with Gasteiger partial charge >= 0.3 is 0 Å². The number of carbonyl (C=O) groups is 1. The quantitative estimate of drug-likeness (QED) is 0.828. The number of nitrogens with zero attached hydrogens (tertiary/aromatic N) is 1. The van der Waals surface area contributed by atoms with Crippen LogP contribution in [0.4, 0.5) is 4.39 Å². The van der Waals surface area contributed by atoms with Crippen LogP contribution in [-0.2, 0) is 4.74 Å². The van der Waals surface area contributed by atoms with Gasteiger partial charge in [0.15, 0.2) is 0 Å². The van der Waals surface area contributed by atoms with Crippen molar-refractivity contribution in [1.29, 1.82) is 0 Å². The summed E-state index contributed by atoms with van der Waals surface area (Å²) >= 11 is 5.79. The fraction of sp³-hybridized carbons (Fsp3) is 0.462. The molecule has 0 spiro atoms. The Morgan fingerprint density at radius 3 is 3.06 bits per heavy atom. The number of rotatable bonds is 2. The average Bonchev–Trinajstić information content (AvgIpc) is 2.41. The molecule has 1 aliphatic heterocycles. The lowest BCUT2D eigenvalue weighted by Gasteiger charge is -2.32. The number of methoxy groups -OCH3 is 1. The normalized spacial score (nSPS) is 19.9. The number of carbonyl (C=O) groups excluding carboxylic acids is 1. The highest BCUT2D eigenvalue weighted by atomic mass is 35.5. The molecule has 3 nitrogen and oxygen atoms in total. The Morgan fingerprint density at radius 1 is 1.56 bits per heavy atom. The maximum absolute atomic E-state index is 13.6. The molecule has 1 aliphatic rings. The first-order valence-corrected chi connectivity index (χ1v) is 6.26. The maximum atomic E-state index is 13.6. The van der Waals surface area contributed by atoms with Gasteiger partial charge in [0.1, 0.15) is 5.82 Å². The third kappa shape index (κ3) is 2.82. The molecule has 1 fully saturated rings. The number of ether oxygens (including phenoxy) is 1. The molecular weight excluding hydrogens is 257 g/mol. The molecule has 2 rings (SSSR count). The number of amides is 1. The minimum atomic E-state index is -0.538. The van der Waals surface area contributed by atoms with Crippen molar-refractivity contribution in [2.45, 2.75) is 18.9 Å². The third-order valence-electron chi connectivity index (χ3n) is 3.16. The molecule has 1 atom stereocenters. The Balaban J connectivity index is 2.17. The van der Waals surface area contributed by atoms with Gasteiger partial charge in [-0.2, -0.15) is 0 Å². The van der Waals surface area contributed by atoms with E-state index < -0.39 is 5.82 Å². The van der Waals surface area contributed by atoms with E-state index in [2.05, 4.69) is 0 Å². The van der Waals surface area contributed by atoms with Gasteiger partial charge in [-0.3, -0.25) is 4.79 Å². The summed E-state index contributed by atoms with van der Waals surface area (Å²) in [5.74, 6) is -0.860. The zero-order valence-electron chi connectivity index (χ0n) is 10.2. The Hall–Kier alpha value is -1.13. The first-order valence-electron chi connectivity index (χ1n) is 5.89. The molecule has 0 unspecified atom stereocenters. The standard InChI is InChI=1S/C13H15ClFNO2/c1-18-10-3-2-6-16(8-10)13(17)11-7-9(14)4-5-12(11)15/h4-5,7,10H,2-3,6,8H2,1H3/t10-/m0/s1. The molecule has 0 radical (unpaired) electrons. The molecule has 0 aliphatic carbocycles. The van der Waals surface area contributed by atoms with Gasteiger partial charge in [-0.05, 0) is 31.0 Å². The van der Waals surface area contributed by atoms with Crippen LogP contribution in [0.2, 0.25) is 5.02 Å². The van der Waals surface area contributed by atoms with Gasteiger partial charge in [0.05, 0.1) is 11.7 Å². The topological polar surface area (TPSA) is 29.5 Å². The number of likely N-dealkylation sites (tertiary alicyclic amines) is 1. The molecule has 1 heterocycles. The van der Waals surface area contributed by atoms with Crippen molar-refractivity contribution in [2.75, 3.05) is 20.2 Å². The summed E-state index contributed by atoms with van der Waals surface area (Å²) < 4.78 is 18.9. The fourth-order valence-electron chi connectivity index (χ4n) is 2.15. The predicted molar refractivity (Wildman–Crippen MR) is 67.3 cm³/mol. The molecule has 0 N–H and O–H groups in total. The molecule has 18 heavy (non-hydrogen) atoms. The molecule has 98 valence electrons. The first-order chi connectivity index (χ1) is 8.61. The van der Waals surface area contributed by atoms with Crippen molar-refractivity contribution in [1.82, 2.24) is 4.90 Å². The Morgan fingerprint density at radius 2 is 2.33 bits per heavy atom. The smallest absolute Gasteiger partial charge is 0.256 e. The summed E-state index contributed by atoms with van der Waals surface area (Å²) in [5, 5.41) is 0.361. The highest BCUT2D eigenvalue weighted by molar-refractivity contribution is 6.31. The van der Waals surface area contributed by atoms with Gasteiger partial charge in [-0.1, -0.05) is 11.6 Å². The maximum Gasteiger partial charge on any atom is 0.256 e. The van der Waals surface area contributed by atoms with E-state index in [4.69, 9.17) is 16.3 Å². The summed E-state index contributed by atoms with van der Waals surface area (Å²) in [6, 6.07) is 4.02. The van der Waals surface area contributed by atoms with Gasteiger partial charge in [-0.25, -0.2) is 4.39 Å².